The third-order valence-electron chi connectivity index (χ3n) is 3.54. The normalized spacial score (nSPS) is 12.7. The number of aromatic nitrogens is 2. The highest BCUT2D eigenvalue weighted by atomic mass is 35.5. The van der Waals surface area contributed by atoms with E-state index in [1.807, 2.05) is 0 Å². The molecule has 1 heterocycles. The molecule has 0 aliphatic carbocycles. The van der Waals surface area contributed by atoms with Crippen LogP contribution < -0.4 is 5.32 Å². The van der Waals surface area contributed by atoms with Gasteiger partial charge in [0, 0.05) is 7.11 Å². The van der Waals surface area contributed by atoms with E-state index in [0.29, 0.717) is 12.1 Å². The van der Waals surface area contributed by atoms with E-state index in [1.54, 1.807) is 0 Å². The zero-order chi connectivity index (χ0) is 21.9. The molecule has 0 radical (unpaired) electrons. The lowest BCUT2D eigenvalue weighted by molar-refractivity contribution is -0.384. The largest absolute Gasteiger partial charge is 0.416 e. The first-order valence-electron chi connectivity index (χ1n) is 7.69. The Hall–Kier alpha value is -2.41. The van der Waals surface area contributed by atoms with Gasteiger partial charge in [0.1, 0.15) is 18.5 Å². The number of nitro groups is 1. The Morgan fingerprint density at radius 3 is 2.45 bits per heavy atom. The maximum Gasteiger partial charge on any atom is 0.416 e. The van der Waals surface area contributed by atoms with Gasteiger partial charge in [0.05, 0.1) is 20.5 Å². The van der Waals surface area contributed by atoms with Crippen molar-refractivity contribution in [1.29, 1.82) is 0 Å². The van der Waals surface area contributed by atoms with Crippen LogP contribution in [-0.2, 0) is 20.4 Å². The summed E-state index contributed by atoms with van der Waals surface area (Å²) < 4.78 is 49.3. The molecule has 0 fully saturated rings. The van der Waals surface area contributed by atoms with Crippen LogP contribution in [0.25, 0.3) is 5.69 Å². The maximum atomic E-state index is 12.9. The minimum Gasteiger partial charge on any atom is -0.356 e. The topological polar surface area (TPSA) is 109 Å². The predicted molar refractivity (Wildman–Crippen MR) is 96.3 cm³/mol. The average molecular weight is 457 g/mol. The van der Waals surface area contributed by atoms with E-state index in [-0.39, 0.29) is 5.69 Å². The van der Waals surface area contributed by atoms with Gasteiger partial charge < -0.3 is 14.8 Å². The van der Waals surface area contributed by atoms with Crippen molar-refractivity contribution in [2.45, 2.75) is 19.4 Å². The van der Waals surface area contributed by atoms with Crippen LogP contribution in [0.3, 0.4) is 0 Å². The first-order valence-corrected chi connectivity index (χ1v) is 8.44. The molecule has 0 bridgehead atoms. The van der Waals surface area contributed by atoms with Crippen LogP contribution in [0.5, 0.6) is 0 Å². The molecule has 0 saturated heterocycles. The van der Waals surface area contributed by atoms with E-state index < -0.39 is 57.0 Å². The molecule has 1 aromatic carbocycles. The van der Waals surface area contributed by atoms with Crippen LogP contribution >= 0.6 is 23.2 Å². The monoisotopic (exact) mass is 456 g/mol. The Kier molecular flexibility index (Phi) is 7.06. The molecule has 2 aromatic rings. The number of carbonyl (C=O) groups is 1. The van der Waals surface area contributed by atoms with Crippen molar-refractivity contribution < 1.29 is 32.4 Å². The second-order valence-corrected chi connectivity index (χ2v) is 6.31. The molecule has 2 rings (SSSR count). The van der Waals surface area contributed by atoms with E-state index >= 15 is 0 Å². The van der Waals surface area contributed by atoms with Crippen molar-refractivity contribution in [2.24, 2.45) is 0 Å². The van der Waals surface area contributed by atoms with Crippen LogP contribution in [0.15, 0.2) is 18.3 Å². The number of hydrogen-bond acceptors (Lipinski definition) is 6. The summed E-state index contributed by atoms with van der Waals surface area (Å²) in [5.41, 5.74) is -2.04. The molecule has 1 amide bonds. The fraction of sp³-hybridized carbons (Fsp3) is 0.333. The van der Waals surface area contributed by atoms with Crippen molar-refractivity contribution in [3.05, 3.63) is 44.1 Å². The van der Waals surface area contributed by atoms with Gasteiger partial charge in [-0.05, 0) is 19.1 Å². The van der Waals surface area contributed by atoms with Crippen LogP contribution in [0.1, 0.15) is 12.5 Å². The van der Waals surface area contributed by atoms with Gasteiger partial charge in [0.25, 0.3) is 5.91 Å². The zero-order valence-electron chi connectivity index (χ0n) is 14.8. The smallest absolute Gasteiger partial charge is 0.356 e. The number of nitrogens with zero attached hydrogens (tertiary/aromatic N) is 3. The zero-order valence-corrected chi connectivity index (χ0v) is 16.3. The van der Waals surface area contributed by atoms with E-state index in [0.717, 1.165) is 10.9 Å². The van der Waals surface area contributed by atoms with Crippen LogP contribution in [0, 0.1) is 10.1 Å². The van der Waals surface area contributed by atoms with Crippen molar-refractivity contribution in [1.82, 2.24) is 9.78 Å². The number of nitrogens with one attached hydrogen (secondary N) is 1. The third kappa shape index (κ3) is 5.35. The number of hydrogen-bond donors (Lipinski definition) is 1. The Labute approximate surface area is 171 Å². The van der Waals surface area contributed by atoms with Gasteiger partial charge in [-0.1, -0.05) is 23.2 Å². The predicted octanol–water partition coefficient (Wildman–Crippen LogP) is 4.05. The highest BCUT2D eigenvalue weighted by Crippen LogP contribution is 2.39. The summed E-state index contributed by atoms with van der Waals surface area (Å²) in [6.45, 7) is 0.994. The number of anilines is 1. The van der Waals surface area contributed by atoms with Gasteiger partial charge in [-0.2, -0.15) is 18.3 Å². The Morgan fingerprint density at radius 1 is 1.38 bits per heavy atom. The third-order valence-corrected chi connectivity index (χ3v) is 4.12. The van der Waals surface area contributed by atoms with Crippen LogP contribution in [0.2, 0.25) is 10.0 Å². The lowest BCUT2D eigenvalue weighted by Gasteiger charge is -2.15. The molecule has 0 aliphatic rings. The molecule has 1 aromatic heterocycles. The molecule has 29 heavy (non-hydrogen) atoms. The molecular formula is C15H13Cl2F3N4O5. The first-order chi connectivity index (χ1) is 13.5. The quantitative estimate of drug-likeness (QED) is 0.382. The highest BCUT2D eigenvalue weighted by molar-refractivity contribution is 6.38. The van der Waals surface area contributed by atoms with E-state index in [2.05, 4.69) is 10.4 Å². The minimum atomic E-state index is -4.71. The van der Waals surface area contributed by atoms with Gasteiger partial charge in [-0.25, -0.2) is 4.68 Å². The molecule has 0 spiro atoms. The van der Waals surface area contributed by atoms with Gasteiger partial charge >= 0.3 is 11.9 Å². The molecule has 9 nitrogen and oxygen atoms in total. The maximum absolute atomic E-state index is 12.9. The van der Waals surface area contributed by atoms with Crippen molar-refractivity contribution in [3.8, 4) is 5.69 Å². The van der Waals surface area contributed by atoms with Crippen LogP contribution in [-0.4, -0.2) is 40.6 Å². The van der Waals surface area contributed by atoms with Gasteiger partial charge in [-0.3, -0.25) is 14.9 Å². The van der Waals surface area contributed by atoms with Gasteiger partial charge in [0.15, 0.2) is 6.29 Å². The molecule has 0 aliphatic heterocycles. The summed E-state index contributed by atoms with van der Waals surface area (Å²) in [5.74, 6) is -1.27. The number of alkyl halides is 3. The standard InChI is InChI=1S/C15H13Cl2F3N4O5/c1-7(28-2)29-6-12(25)22-14-11(24(26)27)5-21-23(14)13-9(16)3-8(4-10(13)17)15(18,19)20/h3-5,7H,6H2,1-2H3,(H,22,25). The summed E-state index contributed by atoms with van der Waals surface area (Å²) in [7, 11) is 1.34. The number of halogens is 5. The number of benzene rings is 1. The molecule has 158 valence electrons. The lowest BCUT2D eigenvalue weighted by Crippen LogP contribution is -2.24. The fourth-order valence-electron chi connectivity index (χ4n) is 2.12. The average Bonchev–Trinajstić information content (AvgIpc) is 3.01. The lowest BCUT2D eigenvalue weighted by atomic mass is 10.2. The summed E-state index contributed by atoms with van der Waals surface area (Å²) >= 11 is 11.9. The van der Waals surface area contributed by atoms with Crippen molar-refractivity contribution >= 4 is 40.6 Å². The Balaban J connectivity index is 2.47. The molecule has 1 N–H and O–H groups in total. The summed E-state index contributed by atoms with van der Waals surface area (Å²) in [6, 6.07) is 1.18. The van der Waals surface area contributed by atoms with E-state index in [4.69, 9.17) is 32.7 Å². The van der Waals surface area contributed by atoms with E-state index in [1.165, 1.54) is 14.0 Å². The van der Waals surface area contributed by atoms with Gasteiger partial charge in [0.2, 0.25) is 5.82 Å². The van der Waals surface area contributed by atoms with E-state index in [9.17, 15) is 28.1 Å². The molecular weight excluding hydrogens is 444 g/mol. The second-order valence-electron chi connectivity index (χ2n) is 5.50. The molecule has 1 atom stereocenters. The highest BCUT2D eigenvalue weighted by Gasteiger charge is 2.33. The Morgan fingerprint density at radius 2 is 1.97 bits per heavy atom. The number of carbonyl (C=O) groups excluding carboxylic acids is 1. The number of ether oxygens (including phenoxy) is 2. The summed E-state index contributed by atoms with van der Waals surface area (Å²) in [4.78, 5) is 22.5. The minimum absolute atomic E-state index is 0.282. The Bertz CT molecular complexity index is 912. The first kappa shape index (κ1) is 22.9. The SMILES string of the molecule is COC(C)OCC(=O)Nc1c([N+](=O)[O-])cnn1-c1c(Cl)cc(C(F)(F)F)cc1Cl. The molecule has 1 unspecified atom stereocenters. The summed E-state index contributed by atoms with van der Waals surface area (Å²) in [5, 5.41) is 16.2. The van der Waals surface area contributed by atoms with Crippen molar-refractivity contribution in [3.63, 3.8) is 0 Å². The molecule has 0 saturated carbocycles. The fourth-order valence-corrected chi connectivity index (χ4v) is 2.77. The molecule has 14 heteroatoms. The number of methoxy groups -OCH3 is 1. The van der Waals surface area contributed by atoms with Gasteiger partial charge in [-0.15, -0.1) is 0 Å². The summed E-state index contributed by atoms with van der Waals surface area (Å²) in [6.07, 6.45) is -4.65. The second kappa shape index (κ2) is 8.95. The number of rotatable bonds is 7. The number of amides is 1. The van der Waals surface area contributed by atoms with Crippen molar-refractivity contribution in [2.75, 3.05) is 19.0 Å². The van der Waals surface area contributed by atoms with Crippen LogP contribution in [0.4, 0.5) is 24.7 Å².